The van der Waals surface area contributed by atoms with Gasteiger partial charge in [-0.2, -0.15) is 5.26 Å². The van der Waals surface area contributed by atoms with Gasteiger partial charge in [0, 0.05) is 50.7 Å². The highest BCUT2D eigenvalue weighted by atomic mass is 16.5. The van der Waals surface area contributed by atoms with Gasteiger partial charge in [0.25, 0.3) is 5.91 Å². The molecule has 7 heteroatoms. The molecule has 1 saturated heterocycles. The second-order valence-electron chi connectivity index (χ2n) is 9.22. The van der Waals surface area contributed by atoms with Crippen LogP contribution in [0.1, 0.15) is 36.4 Å². The third kappa shape index (κ3) is 6.58. The van der Waals surface area contributed by atoms with E-state index in [1.165, 1.54) is 5.56 Å². The highest BCUT2D eigenvalue weighted by Crippen LogP contribution is 2.20. The van der Waals surface area contributed by atoms with Crippen molar-refractivity contribution in [1.29, 1.82) is 5.26 Å². The van der Waals surface area contributed by atoms with E-state index in [-0.39, 0.29) is 18.1 Å². The van der Waals surface area contributed by atoms with Gasteiger partial charge in [0.2, 0.25) is 0 Å². The Labute approximate surface area is 202 Å². The van der Waals surface area contributed by atoms with Gasteiger partial charge < -0.3 is 14.2 Å². The van der Waals surface area contributed by atoms with Gasteiger partial charge in [-0.3, -0.25) is 9.69 Å². The van der Waals surface area contributed by atoms with E-state index in [1.54, 1.807) is 11.0 Å². The quantitative estimate of drug-likeness (QED) is 0.341. The van der Waals surface area contributed by atoms with Crippen molar-refractivity contribution in [1.82, 2.24) is 14.4 Å². The van der Waals surface area contributed by atoms with Crippen molar-refractivity contribution in [3.8, 4) is 6.07 Å². The second kappa shape index (κ2) is 11.7. The molecule has 34 heavy (non-hydrogen) atoms. The van der Waals surface area contributed by atoms with Crippen molar-refractivity contribution >= 4 is 18.0 Å². The summed E-state index contributed by atoms with van der Waals surface area (Å²) in [6, 6.07) is 14.1. The standard InChI is InChI=1S/C27H34N4O3/c1-20(2)17-31-21(3)14-24(22(31)4)15-25(16-28)27(33)34-19-26(32)30-12-10-29(11-13-30)18-23-8-6-5-7-9-23/h5-9,14-15,20H,10-13,17-19H2,1-4H3/b25-15+. The first-order valence-electron chi connectivity index (χ1n) is 11.8. The fourth-order valence-electron chi connectivity index (χ4n) is 4.21. The number of nitriles is 1. The van der Waals surface area contributed by atoms with E-state index >= 15 is 0 Å². The minimum Gasteiger partial charge on any atom is -0.451 e. The smallest absolute Gasteiger partial charge is 0.349 e. The number of esters is 1. The Morgan fingerprint density at radius 1 is 1.12 bits per heavy atom. The molecule has 1 aromatic heterocycles. The summed E-state index contributed by atoms with van der Waals surface area (Å²) in [4.78, 5) is 29.1. The van der Waals surface area contributed by atoms with E-state index in [1.807, 2.05) is 44.2 Å². The van der Waals surface area contributed by atoms with Crippen molar-refractivity contribution in [3.63, 3.8) is 0 Å². The van der Waals surface area contributed by atoms with Crippen LogP contribution in [0.4, 0.5) is 0 Å². The SMILES string of the molecule is Cc1cc(/C=C(\C#N)C(=O)OCC(=O)N2CCN(Cc3ccccc3)CC2)c(C)n1CC(C)C. The van der Waals surface area contributed by atoms with E-state index in [0.29, 0.717) is 19.0 Å². The van der Waals surface area contributed by atoms with Crippen LogP contribution in [0.5, 0.6) is 0 Å². The van der Waals surface area contributed by atoms with Crippen LogP contribution in [0.15, 0.2) is 42.0 Å². The lowest BCUT2D eigenvalue weighted by atomic mass is 10.1. The van der Waals surface area contributed by atoms with Crippen LogP contribution in [0.25, 0.3) is 6.08 Å². The van der Waals surface area contributed by atoms with Crippen LogP contribution < -0.4 is 0 Å². The number of carbonyl (C=O) groups excluding carboxylic acids is 2. The average Bonchev–Trinajstić information content (AvgIpc) is 3.08. The van der Waals surface area contributed by atoms with Gasteiger partial charge in [0.15, 0.2) is 6.61 Å². The first-order valence-corrected chi connectivity index (χ1v) is 11.8. The van der Waals surface area contributed by atoms with Crippen LogP contribution in [0, 0.1) is 31.1 Å². The molecule has 0 saturated carbocycles. The summed E-state index contributed by atoms with van der Waals surface area (Å²) in [6.45, 7) is 12.4. The summed E-state index contributed by atoms with van der Waals surface area (Å²) < 4.78 is 7.38. The maximum atomic E-state index is 12.6. The Morgan fingerprint density at radius 2 is 1.79 bits per heavy atom. The lowest BCUT2D eigenvalue weighted by molar-refractivity contribution is -0.149. The number of hydrogen-bond donors (Lipinski definition) is 0. The lowest BCUT2D eigenvalue weighted by Crippen LogP contribution is -2.49. The number of benzene rings is 1. The molecule has 0 N–H and O–H groups in total. The average molecular weight is 463 g/mol. The summed E-state index contributed by atoms with van der Waals surface area (Å²) in [6.07, 6.45) is 1.55. The number of aromatic nitrogens is 1. The Kier molecular flexibility index (Phi) is 8.67. The summed E-state index contributed by atoms with van der Waals surface area (Å²) in [7, 11) is 0. The first kappa shape index (κ1) is 25.3. The van der Waals surface area contributed by atoms with Gasteiger partial charge in [0.1, 0.15) is 11.6 Å². The van der Waals surface area contributed by atoms with Crippen LogP contribution in [-0.4, -0.2) is 59.0 Å². The van der Waals surface area contributed by atoms with Gasteiger partial charge in [-0.1, -0.05) is 44.2 Å². The van der Waals surface area contributed by atoms with Gasteiger partial charge in [-0.25, -0.2) is 4.79 Å². The van der Waals surface area contributed by atoms with Crippen molar-refractivity contribution < 1.29 is 14.3 Å². The van der Waals surface area contributed by atoms with Crippen molar-refractivity contribution in [3.05, 3.63) is 64.5 Å². The number of aryl methyl sites for hydroxylation is 1. The molecule has 0 aliphatic carbocycles. The highest BCUT2D eigenvalue weighted by molar-refractivity contribution is 5.99. The monoisotopic (exact) mass is 462 g/mol. The molecule has 180 valence electrons. The van der Waals surface area contributed by atoms with E-state index < -0.39 is 5.97 Å². The van der Waals surface area contributed by atoms with Gasteiger partial charge in [-0.15, -0.1) is 0 Å². The molecule has 2 aromatic rings. The Balaban J connectivity index is 1.52. The van der Waals surface area contributed by atoms with E-state index in [4.69, 9.17) is 4.74 Å². The lowest BCUT2D eigenvalue weighted by Gasteiger charge is -2.34. The number of nitrogens with zero attached hydrogens (tertiary/aromatic N) is 4. The second-order valence-corrected chi connectivity index (χ2v) is 9.22. The molecule has 0 radical (unpaired) electrons. The molecule has 1 amide bonds. The van der Waals surface area contributed by atoms with Gasteiger partial charge in [-0.05, 0) is 43.0 Å². The molecule has 7 nitrogen and oxygen atoms in total. The molecule has 0 atom stereocenters. The third-order valence-corrected chi connectivity index (χ3v) is 6.10. The molecular weight excluding hydrogens is 428 g/mol. The molecule has 0 unspecified atom stereocenters. The Morgan fingerprint density at radius 3 is 2.41 bits per heavy atom. The number of amides is 1. The summed E-state index contributed by atoms with van der Waals surface area (Å²) in [5, 5.41) is 9.51. The maximum Gasteiger partial charge on any atom is 0.349 e. The summed E-state index contributed by atoms with van der Waals surface area (Å²) in [5.74, 6) is -0.527. The molecule has 0 spiro atoms. The molecule has 3 rings (SSSR count). The molecule has 1 aliphatic heterocycles. The topological polar surface area (TPSA) is 78.6 Å². The normalized spacial score (nSPS) is 14.8. The number of rotatable bonds is 8. The van der Waals surface area contributed by atoms with Gasteiger partial charge >= 0.3 is 5.97 Å². The van der Waals surface area contributed by atoms with Crippen LogP contribution >= 0.6 is 0 Å². The van der Waals surface area contributed by atoms with E-state index in [2.05, 4.69) is 35.4 Å². The predicted molar refractivity (Wildman–Crippen MR) is 132 cm³/mol. The summed E-state index contributed by atoms with van der Waals surface area (Å²) in [5.41, 5.74) is 4.02. The number of ether oxygens (including phenoxy) is 1. The molecule has 2 heterocycles. The highest BCUT2D eigenvalue weighted by Gasteiger charge is 2.23. The zero-order chi connectivity index (χ0) is 24.7. The number of hydrogen-bond acceptors (Lipinski definition) is 5. The van der Waals surface area contributed by atoms with E-state index in [9.17, 15) is 14.9 Å². The molecular formula is C27H34N4O3. The minimum atomic E-state index is -0.771. The number of carbonyl (C=O) groups is 2. The Bertz CT molecular complexity index is 1070. The molecule has 1 aliphatic rings. The zero-order valence-corrected chi connectivity index (χ0v) is 20.6. The van der Waals surface area contributed by atoms with E-state index in [0.717, 1.165) is 43.1 Å². The van der Waals surface area contributed by atoms with Crippen molar-refractivity contribution in [2.24, 2.45) is 5.92 Å². The van der Waals surface area contributed by atoms with Crippen LogP contribution in [-0.2, 0) is 27.4 Å². The van der Waals surface area contributed by atoms with Crippen LogP contribution in [0.2, 0.25) is 0 Å². The first-order chi connectivity index (χ1) is 16.3. The Hall–Kier alpha value is -3.37. The third-order valence-electron chi connectivity index (χ3n) is 6.10. The minimum absolute atomic E-state index is 0.106. The maximum absolute atomic E-state index is 12.6. The van der Waals surface area contributed by atoms with Crippen molar-refractivity contribution in [2.45, 2.75) is 40.8 Å². The largest absolute Gasteiger partial charge is 0.451 e. The van der Waals surface area contributed by atoms with Gasteiger partial charge in [0.05, 0.1) is 0 Å². The van der Waals surface area contributed by atoms with Crippen molar-refractivity contribution in [2.75, 3.05) is 32.8 Å². The fraction of sp³-hybridized carbons (Fsp3) is 0.444. The molecule has 1 fully saturated rings. The molecule has 1 aromatic carbocycles. The molecule has 0 bridgehead atoms. The number of piperazine rings is 1. The van der Waals surface area contributed by atoms with Crippen LogP contribution in [0.3, 0.4) is 0 Å². The fourth-order valence-corrected chi connectivity index (χ4v) is 4.21. The predicted octanol–water partition coefficient (Wildman–Crippen LogP) is 3.56. The zero-order valence-electron chi connectivity index (χ0n) is 20.6. The summed E-state index contributed by atoms with van der Waals surface area (Å²) >= 11 is 0.